The summed E-state index contributed by atoms with van der Waals surface area (Å²) in [4.78, 5) is 2.57. The molecule has 0 spiro atoms. The molecule has 1 saturated carbocycles. The van der Waals surface area contributed by atoms with Crippen molar-refractivity contribution in [3.8, 4) is 0 Å². The topological polar surface area (TPSA) is 29.3 Å². The second-order valence-corrected chi connectivity index (χ2v) is 7.00. The van der Waals surface area contributed by atoms with E-state index in [1.54, 1.807) is 0 Å². The molecule has 114 valence electrons. The largest absolute Gasteiger partial charge is 0.328 e. The van der Waals surface area contributed by atoms with E-state index in [9.17, 15) is 0 Å². The molecule has 2 heteroatoms. The summed E-state index contributed by atoms with van der Waals surface area (Å²) in [6, 6.07) is 9.43. The molecule has 0 bridgehead atoms. The van der Waals surface area contributed by atoms with Crippen molar-refractivity contribution in [1.29, 1.82) is 0 Å². The van der Waals surface area contributed by atoms with Gasteiger partial charge in [-0.15, -0.1) is 0 Å². The first-order valence-corrected chi connectivity index (χ1v) is 8.40. The molecule has 1 saturated heterocycles. The molecule has 0 radical (unpaired) electrons. The number of rotatable bonds is 5. The fraction of sp³-hybridized carbons (Fsp3) is 0.579. The Hall–Kier alpha value is -1.12. The summed E-state index contributed by atoms with van der Waals surface area (Å²) >= 11 is 0. The van der Waals surface area contributed by atoms with Crippen molar-refractivity contribution in [3.63, 3.8) is 0 Å². The first kappa shape index (κ1) is 14.8. The Kier molecular flexibility index (Phi) is 4.46. The molecule has 1 aliphatic heterocycles. The highest BCUT2D eigenvalue weighted by molar-refractivity contribution is 5.64. The number of hydrogen-bond acceptors (Lipinski definition) is 2. The van der Waals surface area contributed by atoms with E-state index in [0.717, 1.165) is 18.4 Å². The molecule has 2 atom stereocenters. The minimum atomic E-state index is 0.455. The number of benzene rings is 1. The van der Waals surface area contributed by atoms with Crippen LogP contribution in [0.4, 0.5) is 0 Å². The van der Waals surface area contributed by atoms with Gasteiger partial charge in [-0.1, -0.05) is 44.2 Å². The summed E-state index contributed by atoms with van der Waals surface area (Å²) in [6.07, 6.45) is 4.82. The van der Waals surface area contributed by atoms with Gasteiger partial charge >= 0.3 is 0 Å². The van der Waals surface area contributed by atoms with Gasteiger partial charge in [-0.3, -0.25) is 4.90 Å². The lowest BCUT2D eigenvalue weighted by atomic mass is 10.0. The van der Waals surface area contributed by atoms with Crippen molar-refractivity contribution in [2.45, 2.75) is 38.6 Å². The van der Waals surface area contributed by atoms with E-state index in [2.05, 4.69) is 42.7 Å². The molecule has 0 aromatic heterocycles. The van der Waals surface area contributed by atoms with Crippen molar-refractivity contribution >= 4 is 5.57 Å². The normalized spacial score (nSPS) is 28.8. The lowest BCUT2D eigenvalue weighted by Crippen LogP contribution is -2.26. The zero-order valence-electron chi connectivity index (χ0n) is 13.2. The van der Waals surface area contributed by atoms with Gasteiger partial charge in [-0.25, -0.2) is 0 Å². The monoisotopic (exact) mass is 284 g/mol. The Morgan fingerprint density at radius 2 is 1.81 bits per heavy atom. The number of hydrogen-bond donors (Lipinski definition) is 1. The summed E-state index contributed by atoms with van der Waals surface area (Å²) < 4.78 is 0. The Morgan fingerprint density at radius 3 is 2.38 bits per heavy atom. The van der Waals surface area contributed by atoms with Crippen LogP contribution in [0.3, 0.4) is 0 Å². The maximum atomic E-state index is 6.07. The summed E-state index contributed by atoms with van der Waals surface area (Å²) in [5, 5.41) is 0. The maximum Gasteiger partial charge on any atom is 0.0234 e. The predicted octanol–water partition coefficient (Wildman–Crippen LogP) is 3.32. The van der Waals surface area contributed by atoms with Gasteiger partial charge in [0, 0.05) is 25.7 Å². The highest BCUT2D eigenvalue weighted by Crippen LogP contribution is 2.37. The fourth-order valence-corrected chi connectivity index (χ4v) is 4.13. The number of nitrogens with zero attached hydrogens (tertiary/aromatic N) is 1. The quantitative estimate of drug-likeness (QED) is 0.898. The van der Waals surface area contributed by atoms with Crippen LogP contribution in [0.15, 0.2) is 30.8 Å². The summed E-state index contributed by atoms with van der Waals surface area (Å²) in [5.41, 5.74) is 10.0. The standard InChI is InChI=1S/C19H28N2/c1-3-4-15-5-7-16(8-6-15)14(2)11-21-12-17-9-19(20)10-18(17)13-21/h5-8,17-19H,2-4,9-13,20H2,1H3. The maximum absolute atomic E-state index is 6.07. The molecule has 2 aliphatic rings. The van der Waals surface area contributed by atoms with Gasteiger partial charge in [0.15, 0.2) is 0 Å². The molecular weight excluding hydrogens is 256 g/mol. The molecule has 2 fully saturated rings. The molecule has 3 rings (SSSR count). The molecule has 1 aliphatic carbocycles. The summed E-state index contributed by atoms with van der Waals surface area (Å²) in [6.45, 7) is 9.97. The van der Waals surface area contributed by atoms with Crippen molar-refractivity contribution in [2.75, 3.05) is 19.6 Å². The van der Waals surface area contributed by atoms with E-state index in [0.29, 0.717) is 6.04 Å². The highest BCUT2D eigenvalue weighted by Gasteiger charge is 2.39. The molecule has 21 heavy (non-hydrogen) atoms. The van der Waals surface area contributed by atoms with Gasteiger partial charge < -0.3 is 5.73 Å². The SMILES string of the molecule is C=C(CN1CC2CC(N)CC2C1)c1ccc(CCC)cc1. The van der Waals surface area contributed by atoms with Crippen LogP contribution >= 0.6 is 0 Å². The molecule has 2 unspecified atom stereocenters. The molecule has 1 heterocycles. The summed E-state index contributed by atoms with van der Waals surface area (Å²) in [7, 11) is 0. The van der Waals surface area contributed by atoms with Crippen LogP contribution in [0.5, 0.6) is 0 Å². The third-order valence-corrected chi connectivity index (χ3v) is 5.18. The van der Waals surface area contributed by atoms with Crippen LogP contribution in [0.1, 0.15) is 37.3 Å². The van der Waals surface area contributed by atoms with Crippen LogP contribution < -0.4 is 5.73 Å². The van der Waals surface area contributed by atoms with E-state index in [-0.39, 0.29) is 0 Å². The molecule has 1 aromatic rings. The van der Waals surface area contributed by atoms with Crippen molar-refractivity contribution in [3.05, 3.63) is 42.0 Å². The lowest BCUT2D eigenvalue weighted by molar-refractivity contribution is 0.343. The van der Waals surface area contributed by atoms with Crippen LogP contribution in [-0.4, -0.2) is 30.6 Å². The van der Waals surface area contributed by atoms with Crippen LogP contribution in [0, 0.1) is 11.8 Å². The minimum absolute atomic E-state index is 0.455. The smallest absolute Gasteiger partial charge is 0.0234 e. The number of aryl methyl sites for hydroxylation is 1. The molecule has 0 amide bonds. The molecular formula is C19H28N2. The van der Waals surface area contributed by atoms with E-state index < -0.39 is 0 Å². The van der Waals surface area contributed by atoms with Crippen LogP contribution in [-0.2, 0) is 6.42 Å². The third-order valence-electron chi connectivity index (χ3n) is 5.18. The Balaban J connectivity index is 1.55. The Labute approximate surface area is 129 Å². The van der Waals surface area contributed by atoms with Crippen LogP contribution in [0.25, 0.3) is 5.57 Å². The highest BCUT2D eigenvalue weighted by atomic mass is 15.2. The number of nitrogens with two attached hydrogens (primary N) is 1. The summed E-state index contributed by atoms with van der Waals surface area (Å²) in [5.74, 6) is 1.67. The van der Waals surface area contributed by atoms with E-state index in [1.165, 1.54) is 55.5 Å². The number of fused-ring (bicyclic) bond motifs is 1. The van der Waals surface area contributed by atoms with Gasteiger partial charge in [-0.05, 0) is 47.8 Å². The average molecular weight is 284 g/mol. The molecule has 2 nitrogen and oxygen atoms in total. The fourth-order valence-electron chi connectivity index (χ4n) is 4.13. The Bertz CT molecular complexity index is 477. The Morgan fingerprint density at radius 1 is 1.19 bits per heavy atom. The van der Waals surface area contributed by atoms with Gasteiger partial charge in [0.25, 0.3) is 0 Å². The second kappa shape index (κ2) is 6.33. The molecule has 2 N–H and O–H groups in total. The van der Waals surface area contributed by atoms with Gasteiger partial charge in [-0.2, -0.15) is 0 Å². The molecule has 1 aromatic carbocycles. The van der Waals surface area contributed by atoms with Crippen molar-refractivity contribution in [2.24, 2.45) is 17.6 Å². The van der Waals surface area contributed by atoms with Crippen molar-refractivity contribution in [1.82, 2.24) is 4.90 Å². The first-order valence-electron chi connectivity index (χ1n) is 8.40. The van der Waals surface area contributed by atoms with E-state index >= 15 is 0 Å². The van der Waals surface area contributed by atoms with Crippen molar-refractivity contribution < 1.29 is 0 Å². The lowest BCUT2D eigenvalue weighted by Gasteiger charge is -2.19. The number of likely N-dealkylation sites (tertiary alicyclic amines) is 1. The third kappa shape index (κ3) is 3.38. The van der Waals surface area contributed by atoms with Crippen LogP contribution in [0.2, 0.25) is 0 Å². The van der Waals surface area contributed by atoms with E-state index in [1.807, 2.05) is 0 Å². The average Bonchev–Trinajstić information content (AvgIpc) is 2.96. The zero-order chi connectivity index (χ0) is 14.8. The van der Waals surface area contributed by atoms with Gasteiger partial charge in [0.05, 0.1) is 0 Å². The second-order valence-electron chi connectivity index (χ2n) is 7.00. The first-order chi connectivity index (χ1) is 10.2. The van der Waals surface area contributed by atoms with Gasteiger partial charge in [0.2, 0.25) is 0 Å². The van der Waals surface area contributed by atoms with E-state index in [4.69, 9.17) is 5.73 Å². The minimum Gasteiger partial charge on any atom is -0.328 e. The van der Waals surface area contributed by atoms with Gasteiger partial charge in [0.1, 0.15) is 0 Å². The zero-order valence-corrected chi connectivity index (χ0v) is 13.2. The predicted molar refractivity (Wildman–Crippen MR) is 90.1 cm³/mol.